The Balaban J connectivity index is 2.09. The molecule has 0 fully saturated rings. The van der Waals surface area contributed by atoms with E-state index in [-0.39, 0.29) is 5.60 Å². The van der Waals surface area contributed by atoms with E-state index in [1.165, 1.54) is 4.88 Å². The molecule has 2 nitrogen and oxygen atoms in total. The highest BCUT2D eigenvalue weighted by Crippen LogP contribution is 2.12. The van der Waals surface area contributed by atoms with Crippen LogP contribution >= 0.6 is 11.3 Å². The normalized spacial score (nSPS) is 11.9. The first kappa shape index (κ1) is 10.7. The SMILES string of the molecule is CC(C)(C)OCC[CH]c1cncs1. The Bertz CT molecular complexity index is 226. The molecule has 0 atom stereocenters. The van der Waals surface area contributed by atoms with E-state index in [0.29, 0.717) is 0 Å². The Hall–Kier alpha value is -0.410. The molecule has 73 valence electrons. The average molecular weight is 198 g/mol. The molecule has 0 saturated carbocycles. The third kappa shape index (κ3) is 5.01. The molecule has 0 aliphatic rings. The summed E-state index contributed by atoms with van der Waals surface area (Å²) in [5.74, 6) is 0. The van der Waals surface area contributed by atoms with Crippen molar-refractivity contribution in [3.05, 3.63) is 23.0 Å². The minimum Gasteiger partial charge on any atom is -0.376 e. The van der Waals surface area contributed by atoms with Crippen molar-refractivity contribution in [2.75, 3.05) is 6.61 Å². The monoisotopic (exact) mass is 198 g/mol. The van der Waals surface area contributed by atoms with E-state index in [9.17, 15) is 0 Å². The van der Waals surface area contributed by atoms with Crippen LogP contribution in [0, 0.1) is 6.42 Å². The van der Waals surface area contributed by atoms with Gasteiger partial charge in [-0.15, -0.1) is 11.3 Å². The van der Waals surface area contributed by atoms with E-state index < -0.39 is 0 Å². The van der Waals surface area contributed by atoms with Crippen LogP contribution in [0.5, 0.6) is 0 Å². The second kappa shape index (κ2) is 4.72. The third-order valence-corrected chi connectivity index (χ3v) is 2.22. The van der Waals surface area contributed by atoms with Crippen LogP contribution in [0.25, 0.3) is 0 Å². The predicted octanol–water partition coefficient (Wildman–Crippen LogP) is 2.90. The van der Waals surface area contributed by atoms with Gasteiger partial charge in [-0.1, -0.05) is 0 Å². The first-order chi connectivity index (χ1) is 6.08. The van der Waals surface area contributed by atoms with Crippen molar-refractivity contribution < 1.29 is 4.74 Å². The van der Waals surface area contributed by atoms with Gasteiger partial charge in [0.15, 0.2) is 0 Å². The number of aromatic nitrogens is 1. The molecule has 13 heavy (non-hydrogen) atoms. The molecule has 0 aliphatic heterocycles. The Kier molecular flexibility index (Phi) is 3.88. The minimum atomic E-state index is -0.0263. The summed E-state index contributed by atoms with van der Waals surface area (Å²) < 4.78 is 5.58. The molecular weight excluding hydrogens is 182 g/mol. The maximum Gasteiger partial charge on any atom is 0.0794 e. The lowest BCUT2D eigenvalue weighted by atomic mass is 10.2. The van der Waals surface area contributed by atoms with Gasteiger partial charge in [0.05, 0.1) is 11.1 Å². The molecule has 0 unspecified atom stereocenters. The van der Waals surface area contributed by atoms with Gasteiger partial charge in [-0.2, -0.15) is 0 Å². The molecule has 1 aromatic heterocycles. The van der Waals surface area contributed by atoms with Crippen molar-refractivity contribution in [2.45, 2.75) is 32.8 Å². The maximum absolute atomic E-state index is 5.58. The van der Waals surface area contributed by atoms with Gasteiger partial charge in [-0.25, -0.2) is 0 Å². The number of thiazole rings is 1. The summed E-state index contributed by atoms with van der Waals surface area (Å²) >= 11 is 1.66. The van der Waals surface area contributed by atoms with Crippen LogP contribution in [-0.4, -0.2) is 17.2 Å². The van der Waals surface area contributed by atoms with Crippen LogP contribution in [0.2, 0.25) is 0 Å². The number of nitrogens with zero attached hydrogens (tertiary/aromatic N) is 1. The Labute approximate surface area is 84.0 Å². The van der Waals surface area contributed by atoms with E-state index in [1.807, 2.05) is 11.7 Å². The van der Waals surface area contributed by atoms with E-state index in [2.05, 4.69) is 32.2 Å². The van der Waals surface area contributed by atoms with Gasteiger partial charge < -0.3 is 4.74 Å². The van der Waals surface area contributed by atoms with E-state index >= 15 is 0 Å². The number of hydrogen-bond donors (Lipinski definition) is 0. The van der Waals surface area contributed by atoms with Crippen molar-refractivity contribution in [1.82, 2.24) is 4.98 Å². The van der Waals surface area contributed by atoms with Crippen LogP contribution in [0.1, 0.15) is 32.1 Å². The molecule has 1 aromatic rings. The molecule has 0 saturated heterocycles. The van der Waals surface area contributed by atoms with Crippen LogP contribution < -0.4 is 0 Å². The Morgan fingerprint density at radius 1 is 1.54 bits per heavy atom. The topological polar surface area (TPSA) is 22.1 Å². The molecule has 0 spiro atoms. The molecule has 1 radical (unpaired) electrons. The molecule has 0 aromatic carbocycles. The maximum atomic E-state index is 5.58. The zero-order valence-corrected chi connectivity index (χ0v) is 9.23. The van der Waals surface area contributed by atoms with Crippen LogP contribution in [0.15, 0.2) is 11.7 Å². The summed E-state index contributed by atoms with van der Waals surface area (Å²) in [6.45, 7) is 6.99. The fourth-order valence-electron chi connectivity index (χ4n) is 0.893. The number of rotatable bonds is 4. The van der Waals surface area contributed by atoms with Crippen LogP contribution in [0.3, 0.4) is 0 Å². The van der Waals surface area contributed by atoms with Crippen molar-refractivity contribution in [1.29, 1.82) is 0 Å². The molecule has 0 bridgehead atoms. The summed E-state index contributed by atoms with van der Waals surface area (Å²) in [5, 5.41) is 0. The third-order valence-electron chi connectivity index (χ3n) is 1.45. The van der Waals surface area contributed by atoms with E-state index in [1.54, 1.807) is 11.3 Å². The summed E-state index contributed by atoms with van der Waals surface area (Å²) in [6, 6.07) is 0. The standard InChI is InChI=1S/C10H16NOS/c1-10(2,3)12-6-4-5-9-7-11-8-13-9/h5,7-8H,4,6H2,1-3H3. The van der Waals surface area contributed by atoms with Gasteiger partial charge in [0.25, 0.3) is 0 Å². The van der Waals surface area contributed by atoms with Crippen molar-refractivity contribution in [3.63, 3.8) is 0 Å². The molecule has 0 amide bonds. The Morgan fingerprint density at radius 2 is 2.31 bits per heavy atom. The highest BCUT2D eigenvalue weighted by Gasteiger charge is 2.08. The van der Waals surface area contributed by atoms with E-state index in [4.69, 9.17) is 4.74 Å². The molecular formula is C10H16NOS. The zero-order chi connectivity index (χ0) is 9.73. The first-order valence-corrected chi connectivity index (χ1v) is 5.31. The fourth-order valence-corrected chi connectivity index (χ4v) is 1.47. The zero-order valence-electron chi connectivity index (χ0n) is 8.41. The van der Waals surface area contributed by atoms with Gasteiger partial charge in [-0.3, -0.25) is 4.98 Å². The summed E-state index contributed by atoms with van der Waals surface area (Å²) in [7, 11) is 0. The smallest absolute Gasteiger partial charge is 0.0794 e. The lowest BCUT2D eigenvalue weighted by molar-refractivity contribution is -0.00103. The van der Waals surface area contributed by atoms with Gasteiger partial charge in [0, 0.05) is 24.1 Å². The van der Waals surface area contributed by atoms with Crippen molar-refractivity contribution in [3.8, 4) is 0 Å². The summed E-state index contributed by atoms with van der Waals surface area (Å²) in [5.41, 5.74) is 1.82. The molecule has 1 rings (SSSR count). The van der Waals surface area contributed by atoms with Gasteiger partial charge >= 0.3 is 0 Å². The van der Waals surface area contributed by atoms with Gasteiger partial charge in [0.2, 0.25) is 0 Å². The number of hydrogen-bond acceptors (Lipinski definition) is 3. The van der Waals surface area contributed by atoms with Crippen molar-refractivity contribution >= 4 is 11.3 Å². The lowest BCUT2D eigenvalue weighted by Gasteiger charge is -2.19. The Morgan fingerprint density at radius 3 is 2.85 bits per heavy atom. The molecule has 0 N–H and O–H groups in total. The number of ether oxygens (including phenoxy) is 1. The summed E-state index contributed by atoms with van der Waals surface area (Å²) in [4.78, 5) is 5.22. The molecule has 0 aliphatic carbocycles. The second-order valence-electron chi connectivity index (χ2n) is 3.86. The second-order valence-corrected chi connectivity index (χ2v) is 4.78. The first-order valence-electron chi connectivity index (χ1n) is 4.43. The van der Waals surface area contributed by atoms with Crippen molar-refractivity contribution in [2.24, 2.45) is 0 Å². The largest absolute Gasteiger partial charge is 0.376 e. The highest BCUT2D eigenvalue weighted by molar-refractivity contribution is 7.09. The highest BCUT2D eigenvalue weighted by atomic mass is 32.1. The van der Waals surface area contributed by atoms with Crippen LogP contribution in [0.4, 0.5) is 0 Å². The van der Waals surface area contributed by atoms with Gasteiger partial charge in [0.1, 0.15) is 0 Å². The van der Waals surface area contributed by atoms with Crippen LogP contribution in [-0.2, 0) is 4.74 Å². The average Bonchev–Trinajstić information content (AvgIpc) is 2.48. The molecule has 3 heteroatoms. The minimum absolute atomic E-state index is 0.0263. The quantitative estimate of drug-likeness (QED) is 0.694. The predicted molar refractivity (Wildman–Crippen MR) is 55.8 cm³/mol. The fraction of sp³-hybridized carbons (Fsp3) is 0.600. The molecule has 1 heterocycles. The lowest BCUT2D eigenvalue weighted by Crippen LogP contribution is -2.19. The van der Waals surface area contributed by atoms with E-state index in [0.717, 1.165) is 13.0 Å². The van der Waals surface area contributed by atoms with Gasteiger partial charge in [-0.05, 0) is 27.2 Å². The summed E-state index contributed by atoms with van der Waals surface area (Å²) in [6.07, 6.45) is 4.99.